The summed E-state index contributed by atoms with van der Waals surface area (Å²) in [6.45, 7) is 3.19. The lowest BCUT2D eigenvalue weighted by Crippen LogP contribution is -2.40. The van der Waals surface area contributed by atoms with Crippen molar-refractivity contribution in [1.82, 2.24) is 9.88 Å². The second-order valence-electron chi connectivity index (χ2n) is 7.25. The molecule has 6 heteroatoms. The molecule has 4 rings (SSSR count). The molecule has 3 aromatic rings. The fourth-order valence-corrected chi connectivity index (χ4v) is 4.39. The predicted octanol–water partition coefficient (Wildman–Crippen LogP) is 4.23. The van der Waals surface area contributed by atoms with E-state index >= 15 is 0 Å². The van der Waals surface area contributed by atoms with Crippen molar-refractivity contribution in [2.45, 2.75) is 32.3 Å². The van der Waals surface area contributed by atoms with E-state index in [2.05, 4.69) is 4.98 Å². The van der Waals surface area contributed by atoms with E-state index in [1.165, 1.54) is 0 Å². The molecule has 1 fully saturated rings. The zero-order valence-corrected chi connectivity index (χ0v) is 16.7. The molecular weight excluding hydrogens is 372 g/mol. The third kappa shape index (κ3) is 4.03. The van der Waals surface area contributed by atoms with Crippen molar-refractivity contribution in [3.8, 4) is 10.8 Å². The summed E-state index contributed by atoms with van der Waals surface area (Å²) in [5.41, 5.74) is 1.66. The lowest BCUT2D eigenvalue weighted by molar-refractivity contribution is -0.132. The molecule has 5 nitrogen and oxygen atoms in total. The van der Waals surface area contributed by atoms with E-state index in [4.69, 9.17) is 4.42 Å². The molecule has 1 N–H and O–H groups in total. The maximum atomic E-state index is 12.7. The van der Waals surface area contributed by atoms with E-state index in [9.17, 15) is 9.90 Å². The summed E-state index contributed by atoms with van der Waals surface area (Å²) in [7, 11) is 0. The van der Waals surface area contributed by atoms with Crippen molar-refractivity contribution in [2.24, 2.45) is 5.92 Å². The van der Waals surface area contributed by atoms with Gasteiger partial charge in [0.1, 0.15) is 5.76 Å². The highest BCUT2D eigenvalue weighted by molar-refractivity contribution is 7.13. The first-order chi connectivity index (χ1) is 13.6. The predicted molar refractivity (Wildman–Crippen MR) is 109 cm³/mol. The summed E-state index contributed by atoms with van der Waals surface area (Å²) < 4.78 is 5.74. The van der Waals surface area contributed by atoms with Crippen LogP contribution in [0.1, 0.15) is 36.0 Å². The third-order valence-corrected chi connectivity index (χ3v) is 6.28. The molecule has 28 heavy (non-hydrogen) atoms. The van der Waals surface area contributed by atoms with Crippen LogP contribution in [-0.2, 0) is 11.2 Å². The first-order valence-electron chi connectivity index (χ1n) is 9.63. The van der Waals surface area contributed by atoms with Gasteiger partial charge >= 0.3 is 0 Å². The number of aliphatic hydroxyl groups is 1. The summed E-state index contributed by atoms with van der Waals surface area (Å²) in [6.07, 6.45) is 1.40. The van der Waals surface area contributed by atoms with Gasteiger partial charge in [-0.25, -0.2) is 4.98 Å². The van der Waals surface area contributed by atoms with Gasteiger partial charge < -0.3 is 14.4 Å². The number of carbonyl (C=O) groups is 1. The Labute approximate surface area is 168 Å². The van der Waals surface area contributed by atoms with Crippen LogP contribution in [0.5, 0.6) is 0 Å². The number of hydrogen-bond acceptors (Lipinski definition) is 5. The van der Waals surface area contributed by atoms with Gasteiger partial charge in [-0.1, -0.05) is 36.4 Å². The highest BCUT2D eigenvalue weighted by Gasteiger charge is 2.29. The van der Waals surface area contributed by atoms with Crippen molar-refractivity contribution >= 4 is 17.2 Å². The topological polar surface area (TPSA) is 66.6 Å². The molecule has 1 aromatic carbocycles. The lowest BCUT2D eigenvalue weighted by atomic mass is 9.87. The van der Waals surface area contributed by atoms with Crippen LogP contribution < -0.4 is 0 Å². The van der Waals surface area contributed by atoms with E-state index in [1.807, 2.05) is 59.7 Å². The Kier molecular flexibility index (Phi) is 5.59. The van der Waals surface area contributed by atoms with Gasteiger partial charge in [-0.15, -0.1) is 11.3 Å². The molecule has 146 valence electrons. The molecule has 3 heterocycles. The number of aliphatic hydroxyl groups excluding tert-OH is 1. The zero-order chi connectivity index (χ0) is 19.5. The average molecular weight is 397 g/mol. The van der Waals surface area contributed by atoms with Crippen molar-refractivity contribution in [3.63, 3.8) is 0 Å². The first-order valence-corrected chi connectivity index (χ1v) is 10.5. The van der Waals surface area contributed by atoms with Gasteiger partial charge in [0.15, 0.2) is 0 Å². The molecule has 0 unspecified atom stereocenters. The molecule has 0 radical (unpaired) electrons. The van der Waals surface area contributed by atoms with Gasteiger partial charge in [0.05, 0.1) is 23.1 Å². The minimum atomic E-state index is -0.468. The highest BCUT2D eigenvalue weighted by atomic mass is 32.1. The SMILES string of the molecule is Cc1oc(-c2cccs2)nc1CC(=O)N1CCC([C@H](O)c2ccccc2)CC1. The first kappa shape index (κ1) is 18.9. The molecule has 0 aliphatic carbocycles. The largest absolute Gasteiger partial charge is 0.440 e. The number of aryl methyl sites for hydroxylation is 1. The maximum Gasteiger partial charge on any atom is 0.236 e. The molecule has 1 saturated heterocycles. The number of hydrogen-bond donors (Lipinski definition) is 1. The summed E-state index contributed by atoms with van der Waals surface area (Å²) in [5, 5.41) is 12.6. The minimum absolute atomic E-state index is 0.0711. The van der Waals surface area contributed by atoms with E-state index in [0.717, 1.165) is 23.3 Å². The van der Waals surface area contributed by atoms with Crippen LogP contribution in [0.25, 0.3) is 10.8 Å². The molecule has 1 aliphatic rings. The monoisotopic (exact) mass is 396 g/mol. The Bertz CT molecular complexity index is 913. The van der Waals surface area contributed by atoms with Crippen LogP contribution in [0.15, 0.2) is 52.3 Å². The number of carbonyl (C=O) groups excluding carboxylic acids is 1. The van der Waals surface area contributed by atoms with Crippen LogP contribution in [0.2, 0.25) is 0 Å². The van der Waals surface area contributed by atoms with Crippen molar-refractivity contribution in [1.29, 1.82) is 0 Å². The molecule has 1 atom stereocenters. The van der Waals surface area contributed by atoms with E-state index < -0.39 is 6.10 Å². The fraction of sp³-hybridized carbons (Fsp3) is 0.364. The van der Waals surface area contributed by atoms with Gasteiger partial charge in [0.25, 0.3) is 0 Å². The Morgan fingerprint density at radius 3 is 2.68 bits per heavy atom. The van der Waals surface area contributed by atoms with Crippen molar-refractivity contribution in [2.75, 3.05) is 13.1 Å². The standard InChI is InChI=1S/C22H24N2O3S/c1-15-18(23-22(27-15)19-8-5-13-28-19)14-20(25)24-11-9-17(10-12-24)21(26)16-6-3-2-4-7-16/h2-8,13,17,21,26H,9-12,14H2,1H3/t21-/m1/s1. The van der Waals surface area contributed by atoms with Gasteiger partial charge in [0, 0.05) is 13.1 Å². The van der Waals surface area contributed by atoms with Crippen LogP contribution >= 0.6 is 11.3 Å². The second-order valence-corrected chi connectivity index (χ2v) is 8.20. The van der Waals surface area contributed by atoms with Crippen molar-refractivity contribution < 1.29 is 14.3 Å². The molecule has 0 spiro atoms. The van der Waals surface area contributed by atoms with Crippen LogP contribution in [-0.4, -0.2) is 34.0 Å². The number of oxazole rings is 1. The smallest absolute Gasteiger partial charge is 0.236 e. The Balaban J connectivity index is 1.35. The van der Waals surface area contributed by atoms with Gasteiger partial charge in [0.2, 0.25) is 11.8 Å². The minimum Gasteiger partial charge on any atom is -0.440 e. The second kappa shape index (κ2) is 8.29. The van der Waals surface area contributed by atoms with Crippen LogP contribution in [0, 0.1) is 12.8 Å². The number of aromatic nitrogens is 1. The quantitative estimate of drug-likeness (QED) is 0.701. The van der Waals surface area contributed by atoms with Crippen molar-refractivity contribution in [3.05, 3.63) is 64.9 Å². The molecule has 2 aromatic heterocycles. The van der Waals surface area contributed by atoms with E-state index in [0.29, 0.717) is 30.4 Å². The van der Waals surface area contributed by atoms with Crippen LogP contribution in [0.4, 0.5) is 0 Å². The molecule has 0 saturated carbocycles. The average Bonchev–Trinajstić information content (AvgIpc) is 3.38. The number of likely N-dealkylation sites (tertiary alicyclic amines) is 1. The van der Waals surface area contributed by atoms with Gasteiger partial charge in [-0.2, -0.15) is 0 Å². The Hall–Kier alpha value is -2.44. The Morgan fingerprint density at radius 2 is 2.00 bits per heavy atom. The number of amides is 1. The molecule has 1 amide bonds. The molecular formula is C22H24N2O3S. The maximum absolute atomic E-state index is 12.7. The number of piperidine rings is 1. The number of nitrogens with zero attached hydrogens (tertiary/aromatic N) is 2. The zero-order valence-electron chi connectivity index (χ0n) is 15.9. The molecule has 0 bridgehead atoms. The van der Waals surface area contributed by atoms with Crippen LogP contribution in [0.3, 0.4) is 0 Å². The summed E-state index contributed by atoms with van der Waals surface area (Å²) in [5.74, 6) is 1.54. The third-order valence-electron chi connectivity index (χ3n) is 5.42. The molecule has 1 aliphatic heterocycles. The van der Waals surface area contributed by atoms with E-state index in [-0.39, 0.29) is 18.2 Å². The van der Waals surface area contributed by atoms with Gasteiger partial charge in [-0.05, 0) is 42.7 Å². The van der Waals surface area contributed by atoms with E-state index in [1.54, 1.807) is 11.3 Å². The highest BCUT2D eigenvalue weighted by Crippen LogP contribution is 2.31. The number of benzene rings is 1. The van der Waals surface area contributed by atoms with Gasteiger partial charge in [-0.3, -0.25) is 4.79 Å². The fourth-order valence-electron chi connectivity index (χ4n) is 3.74. The number of rotatable bonds is 5. The normalized spacial score (nSPS) is 16.3. The summed E-state index contributed by atoms with van der Waals surface area (Å²) in [4.78, 5) is 20.1. The summed E-state index contributed by atoms with van der Waals surface area (Å²) in [6, 6.07) is 13.7. The number of thiophene rings is 1. The Morgan fingerprint density at radius 1 is 1.25 bits per heavy atom. The lowest BCUT2D eigenvalue weighted by Gasteiger charge is -2.34. The summed E-state index contributed by atoms with van der Waals surface area (Å²) >= 11 is 1.57.